The van der Waals surface area contributed by atoms with Crippen molar-refractivity contribution in [3.63, 3.8) is 0 Å². The summed E-state index contributed by atoms with van der Waals surface area (Å²) in [5.74, 6) is 0. The monoisotopic (exact) mass is 1760 g/mol. The van der Waals surface area contributed by atoms with E-state index in [9.17, 15) is 0 Å². The second-order valence-electron chi connectivity index (χ2n) is 35.7. The number of rotatable bonds is 19. The molecule has 4 aromatic heterocycles. The molecule has 0 saturated carbocycles. The SMILES string of the molecule is c1ccc(-c2cc(-c3ccc(N(c4ccc(-c5ccc(-c6cccc(-n7c8ccccc8c8ccccc87)c6)cc5)cc4)c4cccc(-c5cccc6oc7ccccc7c56)c4)cc3)ccc2-c2ccc3c(c2)oc2cccc(-c4cccc(N(c5ccc(-c6ccc(-c7cccc(-n8c9ccccc9c9ccccc98)c7)cc6)cc5)c5ccccc5-c5ccccc5-c5ccccc5)c4)c23)cc1. The summed E-state index contributed by atoms with van der Waals surface area (Å²) in [5.41, 5.74) is 41.4. The van der Waals surface area contributed by atoms with Crippen molar-refractivity contribution in [2.45, 2.75) is 0 Å². The number of hydrogen-bond acceptors (Lipinski definition) is 4. The van der Waals surface area contributed by atoms with Gasteiger partial charge in [-0.25, -0.2) is 0 Å². The van der Waals surface area contributed by atoms with E-state index in [4.69, 9.17) is 8.83 Å². The molecule has 0 aliphatic carbocycles. The smallest absolute Gasteiger partial charge is 0.136 e. The molecule has 0 aliphatic rings. The molecular formula is C132H86N4O2. The van der Waals surface area contributed by atoms with E-state index in [1.165, 1.54) is 49.2 Å². The maximum Gasteiger partial charge on any atom is 0.136 e. The zero-order valence-corrected chi connectivity index (χ0v) is 75.3. The lowest BCUT2D eigenvalue weighted by Crippen LogP contribution is -2.11. The first-order chi connectivity index (χ1) is 68.4. The van der Waals surface area contributed by atoms with Crippen LogP contribution in [-0.4, -0.2) is 9.13 Å². The molecule has 0 amide bonds. The van der Waals surface area contributed by atoms with Gasteiger partial charge in [-0.05, 0) is 268 Å². The molecule has 0 fully saturated rings. The second kappa shape index (κ2) is 34.0. The summed E-state index contributed by atoms with van der Waals surface area (Å²) in [5, 5.41) is 9.32. The maximum atomic E-state index is 7.07. The fraction of sp³-hybridized carbons (Fsp3) is 0. The Morgan fingerprint density at radius 2 is 0.457 bits per heavy atom. The van der Waals surface area contributed by atoms with Crippen LogP contribution in [0, 0.1) is 0 Å². The fourth-order valence-electron chi connectivity index (χ4n) is 21.2. The standard InChI is InChI=1S/C132H86N4O2/c1-3-27-94(28-4-1)109-39-7-8-40-113(109)114-41-9-15-49-122(114)134(104-77-67-90(68-78-104)88-59-63-92(64-60-88)97-32-22-38-108(82-97)136-125-52-18-12-44-117(125)118-45-13-19-53-126(118)136)106-36-24-34-100(84-106)112-48-26-56-129-132(112)120-80-72-101(86-130(120)138-129)110-79-71-98(85-121(110)95-29-5-2-6-30-95)93-69-75-103(76-70-93)133(105-35-23-33-99(83-105)111-47-25-55-128-131(111)119-46-14-20-54-127(119)137-128)102-73-65-89(66-74-102)87-57-61-91(62-58-87)96-31-21-37-107(81-96)135-123-50-16-10-42-115(123)116-43-11-17-51-124(116)135/h1-86H. The highest BCUT2D eigenvalue weighted by molar-refractivity contribution is 6.16. The van der Waals surface area contributed by atoms with Gasteiger partial charge in [0, 0.05) is 88.5 Å². The number of aromatic nitrogens is 2. The third kappa shape index (κ3) is 14.3. The largest absolute Gasteiger partial charge is 0.456 e. The average molecular weight is 1760 g/mol. The molecule has 0 N–H and O–H groups in total. The van der Waals surface area contributed by atoms with Crippen LogP contribution in [0.2, 0.25) is 0 Å². The predicted molar refractivity (Wildman–Crippen MR) is 579 cm³/mol. The van der Waals surface area contributed by atoms with Gasteiger partial charge in [-0.15, -0.1) is 0 Å². The van der Waals surface area contributed by atoms with Gasteiger partial charge >= 0.3 is 0 Å². The molecule has 6 nitrogen and oxygen atoms in total. The third-order valence-corrected chi connectivity index (χ3v) is 27.8. The molecule has 4 heterocycles. The highest BCUT2D eigenvalue weighted by atomic mass is 16.3. The molecule has 0 unspecified atom stereocenters. The molecule has 26 rings (SSSR count). The van der Waals surface area contributed by atoms with Crippen molar-refractivity contribution in [3.05, 3.63) is 522 Å². The molecule has 0 aliphatic heterocycles. The Balaban J connectivity index is 0.520. The van der Waals surface area contributed by atoms with Gasteiger partial charge in [-0.1, -0.05) is 370 Å². The molecule has 0 atom stereocenters. The van der Waals surface area contributed by atoms with Crippen LogP contribution in [0.3, 0.4) is 0 Å². The van der Waals surface area contributed by atoms with Gasteiger partial charge in [0.15, 0.2) is 0 Å². The fourth-order valence-corrected chi connectivity index (χ4v) is 21.2. The van der Waals surface area contributed by atoms with E-state index >= 15 is 0 Å². The van der Waals surface area contributed by atoms with Crippen LogP contribution >= 0.6 is 0 Å². The minimum Gasteiger partial charge on any atom is -0.456 e. The maximum absolute atomic E-state index is 7.07. The van der Waals surface area contributed by atoms with E-state index in [0.717, 1.165) is 206 Å². The number of benzene rings is 22. The Kier molecular flexibility index (Phi) is 19.9. The molecule has 22 aromatic carbocycles. The van der Waals surface area contributed by atoms with E-state index in [1.807, 2.05) is 6.07 Å². The van der Waals surface area contributed by atoms with Crippen LogP contribution in [0.15, 0.2) is 531 Å². The zero-order valence-electron chi connectivity index (χ0n) is 75.3. The third-order valence-electron chi connectivity index (χ3n) is 27.8. The van der Waals surface area contributed by atoms with Gasteiger partial charge in [0.05, 0.1) is 27.8 Å². The van der Waals surface area contributed by atoms with Crippen molar-refractivity contribution >= 4 is 122 Å². The van der Waals surface area contributed by atoms with Crippen molar-refractivity contribution in [3.8, 4) is 134 Å². The van der Waals surface area contributed by atoms with Crippen LogP contribution in [0.5, 0.6) is 0 Å². The van der Waals surface area contributed by atoms with Crippen molar-refractivity contribution < 1.29 is 8.83 Å². The summed E-state index contributed by atoms with van der Waals surface area (Å²) >= 11 is 0. The zero-order chi connectivity index (χ0) is 91.1. The number of hydrogen-bond donors (Lipinski definition) is 0. The van der Waals surface area contributed by atoms with Gasteiger partial charge in [0.25, 0.3) is 0 Å². The number of furan rings is 2. The normalized spacial score (nSPS) is 11.6. The second-order valence-corrected chi connectivity index (χ2v) is 35.7. The van der Waals surface area contributed by atoms with Gasteiger partial charge in [-0.3, -0.25) is 0 Å². The van der Waals surface area contributed by atoms with Gasteiger partial charge in [0.2, 0.25) is 0 Å². The highest BCUT2D eigenvalue weighted by Crippen LogP contribution is 2.50. The van der Waals surface area contributed by atoms with E-state index in [1.54, 1.807) is 0 Å². The first-order valence-electron chi connectivity index (χ1n) is 47.2. The van der Waals surface area contributed by atoms with Crippen LogP contribution < -0.4 is 9.80 Å². The summed E-state index contributed by atoms with van der Waals surface area (Å²) in [7, 11) is 0. The van der Waals surface area contributed by atoms with Crippen molar-refractivity contribution in [1.82, 2.24) is 9.13 Å². The molecule has 0 bridgehead atoms. The lowest BCUT2D eigenvalue weighted by molar-refractivity contribution is 0.668. The molecular weight excluding hydrogens is 1670 g/mol. The van der Waals surface area contributed by atoms with Crippen molar-refractivity contribution in [2.75, 3.05) is 9.80 Å². The van der Waals surface area contributed by atoms with E-state index in [2.05, 4.69) is 535 Å². The average Bonchev–Trinajstić information content (AvgIpc) is 1.55. The van der Waals surface area contributed by atoms with E-state index in [-0.39, 0.29) is 0 Å². The van der Waals surface area contributed by atoms with Crippen molar-refractivity contribution in [1.29, 1.82) is 0 Å². The first kappa shape index (κ1) is 80.5. The summed E-state index contributed by atoms with van der Waals surface area (Å²) in [6.07, 6.45) is 0. The number of anilines is 6. The summed E-state index contributed by atoms with van der Waals surface area (Å²) in [6, 6.07) is 190. The minimum absolute atomic E-state index is 0.817. The van der Waals surface area contributed by atoms with Gasteiger partial charge in [0.1, 0.15) is 22.3 Å². The van der Waals surface area contributed by atoms with Crippen LogP contribution in [0.4, 0.5) is 34.1 Å². The molecule has 0 saturated heterocycles. The van der Waals surface area contributed by atoms with E-state index < -0.39 is 0 Å². The summed E-state index contributed by atoms with van der Waals surface area (Å²) in [4.78, 5) is 4.81. The Bertz CT molecular complexity index is 9070. The molecule has 138 heavy (non-hydrogen) atoms. The lowest BCUT2D eigenvalue weighted by atomic mass is 9.90. The van der Waals surface area contributed by atoms with E-state index in [0.29, 0.717) is 0 Å². The predicted octanol–water partition coefficient (Wildman–Crippen LogP) is 37.0. The Labute approximate surface area is 799 Å². The Morgan fingerprint density at radius 1 is 0.145 bits per heavy atom. The molecule has 0 spiro atoms. The lowest BCUT2D eigenvalue weighted by Gasteiger charge is -2.29. The summed E-state index contributed by atoms with van der Waals surface area (Å²) in [6.45, 7) is 0. The summed E-state index contributed by atoms with van der Waals surface area (Å²) < 4.78 is 18.3. The van der Waals surface area contributed by atoms with Crippen LogP contribution in [0.1, 0.15) is 0 Å². The number of para-hydroxylation sites is 6. The molecule has 6 heteroatoms. The number of fused-ring (bicyclic) bond motifs is 12. The van der Waals surface area contributed by atoms with Crippen LogP contribution in [-0.2, 0) is 0 Å². The highest BCUT2D eigenvalue weighted by Gasteiger charge is 2.26. The Hall–Kier alpha value is -18.4. The van der Waals surface area contributed by atoms with Gasteiger partial charge < -0.3 is 27.8 Å². The van der Waals surface area contributed by atoms with Gasteiger partial charge in [-0.2, -0.15) is 0 Å². The molecule has 26 aromatic rings. The molecule has 0 radical (unpaired) electrons. The topological polar surface area (TPSA) is 42.6 Å². The Morgan fingerprint density at radius 3 is 0.957 bits per heavy atom. The first-order valence-corrected chi connectivity index (χ1v) is 47.2. The minimum atomic E-state index is 0.817. The van der Waals surface area contributed by atoms with Crippen molar-refractivity contribution in [2.24, 2.45) is 0 Å². The molecule has 646 valence electrons. The van der Waals surface area contributed by atoms with Crippen LogP contribution in [0.25, 0.3) is 221 Å². The number of nitrogens with zero attached hydrogens (tertiary/aromatic N) is 4. The quantitative estimate of drug-likeness (QED) is 0.0809.